The number of hydrogen-bond acceptors (Lipinski definition) is 5. The van der Waals surface area contributed by atoms with Crippen LogP contribution in [-0.2, 0) is 17.6 Å². The smallest absolute Gasteiger partial charge is 0.222 e. The van der Waals surface area contributed by atoms with Crippen molar-refractivity contribution in [1.82, 2.24) is 15.3 Å². The summed E-state index contributed by atoms with van der Waals surface area (Å²) in [6.45, 7) is 3.72. The molecule has 0 radical (unpaired) electrons. The molecular formula is C22H24N4OS. The number of hydrogen-bond donors (Lipinski definition) is 1. The normalized spacial score (nSPS) is 22.6. The van der Waals surface area contributed by atoms with E-state index in [4.69, 9.17) is 4.98 Å². The molecule has 1 N–H and O–H groups in total. The molecule has 0 bridgehead atoms. The van der Waals surface area contributed by atoms with Crippen LogP contribution in [0.4, 0.5) is 5.82 Å². The molecule has 5 nitrogen and oxygen atoms in total. The third-order valence-corrected chi connectivity index (χ3v) is 7.12. The fourth-order valence-electron chi connectivity index (χ4n) is 4.53. The number of aryl methyl sites for hydroxylation is 1. The molecule has 2 aliphatic rings. The van der Waals surface area contributed by atoms with Gasteiger partial charge < -0.3 is 10.2 Å². The van der Waals surface area contributed by atoms with Crippen molar-refractivity contribution < 1.29 is 4.79 Å². The van der Waals surface area contributed by atoms with Crippen LogP contribution in [0.2, 0.25) is 0 Å². The lowest BCUT2D eigenvalue weighted by Crippen LogP contribution is -2.32. The van der Waals surface area contributed by atoms with Crippen molar-refractivity contribution in [2.24, 2.45) is 5.92 Å². The van der Waals surface area contributed by atoms with E-state index in [1.54, 1.807) is 6.33 Å². The Morgan fingerprint density at radius 2 is 2.04 bits per heavy atom. The van der Waals surface area contributed by atoms with Gasteiger partial charge in [-0.3, -0.25) is 4.79 Å². The summed E-state index contributed by atoms with van der Waals surface area (Å²) in [4.78, 5) is 26.6. The fourth-order valence-corrected chi connectivity index (χ4v) is 5.88. The third-order valence-electron chi connectivity index (χ3n) is 5.96. The first-order valence-electron chi connectivity index (χ1n) is 10.0. The molecule has 0 spiro atoms. The average molecular weight is 393 g/mol. The molecule has 6 heteroatoms. The highest BCUT2D eigenvalue weighted by Crippen LogP contribution is 2.42. The Morgan fingerprint density at radius 1 is 1.18 bits per heavy atom. The van der Waals surface area contributed by atoms with Crippen LogP contribution in [0.1, 0.15) is 41.8 Å². The number of carbonyl (C=O) groups is 1. The Morgan fingerprint density at radius 3 is 2.89 bits per heavy atom. The number of thiophene rings is 1. The van der Waals surface area contributed by atoms with Gasteiger partial charge in [0.05, 0.1) is 17.8 Å². The van der Waals surface area contributed by atoms with E-state index in [0.29, 0.717) is 13.0 Å². The van der Waals surface area contributed by atoms with Crippen molar-refractivity contribution in [2.75, 3.05) is 18.0 Å². The molecule has 1 saturated heterocycles. The molecule has 2 atom stereocenters. The number of carbonyl (C=O) groups excluding carboxylic acids is 1. The zero-order chi connectivity index (χ0) is 19.1. The van der Waals surface area contributed by atoms with Crippen LogP contribution < -0.4 is 10.2 Å². The maximum Gasteiger partial charge on any atom is 0.222 e. The predicted molar refractivity (Wildman–Crippen MR) is 113 cm³/mol. The van der Waals surface area contributed by atoms with Gasteiger partial charge in [-0.25, -0.2) is 9.97 Å². The Hall–Kier alpha value is -2.47. The van der Waals surface area contributed by atoms with Crippen molar-refractivity contribution in [2.45, 2.75) is 38.6 Å². The minimum atomic E-state index is -0.0140. The SMILES string of the molecule is C[C@H]1CCc2c(sc3ncnc(N4CCNC(=O)C[C@@H]4c4ccccc4)c23)C1. The summed E-state index contributed by atoms with van der Waals surface area (Å²) in [6, 6.07) is 10.3. The van der Waals surface area contributed by atoms with Crippen LogP contribution in [-0.4, -0.2) is 29.0 Å². The largest absolute Gasteiger partial charge is 0.354 e. The second-order valence-corrected chi connectivity index (χ2v) is 8.99. The van der Waals surface area contributed by atoms with Gasteiger partial charge in [0.25, 0.3) is 0 Å². The molecule has 1 aromatic carbocycles. The monoisotopic (exact) mass is 392 g/mol. The van der Waals surface area contributed by atoms with Crippen molar-refractivity contribution in [3.63, 3.8) is 0 Å². The van der Waals surface area contributed by atoms with Gasteiger partial charge in [-0.1, -0.05) is 37.3 Å². The predicted octanol–water partition coefficient (Wildman–Crippen LogP) is 3.88. The summed E-state index contributed by atoms with van der Waals surface area (Å²) >= 11 is 1.82. The van der Waals surface area contributed by atoms with E-state index in [9.17, 15) is 4.79 Å². The number of anilines is 1. The molecule has 1 aliphatic carbocycles. The fraction of sp³-hybridized carbons (Fsp3) is 0.409. The van der Waals surface area contributed by atoms with Gasteiger partial charge >= 0.3 is 0 Å². The first kappa shape index (κ1) is 17.6. The number of nitrogens with zero attached hydrogens (tertiary/aromatic N) is 3. The highest BCUT2D eigenvalue weighted by molar-refractivity contribution is 7.19. The molecule has 5 rings (SSSR count). The van der Waals surface area contributed by atoms with Crippen LogP contribution in [0.15, 0.2) is 36.7 Å². The molecule has 144 valence electrons. The maximum absolute atomic E-state index is 12.4. The highest BCUT2D eigenvalue weighted by Gasteiger charge is 2.31. The van der Waals surface area contributed by atoms with Crippen molar-refractivity contribution in [3.8, 4) is 0 Å². The van der Waals surface area contributed by atoms with E-state index in [2.05, 4.69) is 34.3 Å². The highest BCUT2D eigenvalue weighted by atomic mass is 32.1. The minimum absolute atomic E-state index is 0.0140. The van der Waals surface area contributed by atoms with Crippen LogP contribution >= 0.6 is 11.3 Å². The Labute approximate surface area is 168 Å². The van der Waals surface area contributed by atoms with E-state index in [-0.39, 0.29) is 11.9 Å². The lowest BCUT2D eigenvalue weighted by atomic mass is 9.89. The number of amides is 1. The van der Waals surface area contributed by atoms with E-state index in [1.165, 1.54) is 22.2 Å². The van der Waals surface area contributed by atoms with Gasteiger partial charge in [-0.15, -0.1) is 11.3 Å². The summed E-state index contributed by atoms with van der Waals surface area (Å²) < 4.78 is 0. The van der Waals surface area contributed by atoms with Crippen LogP contribution in [0.3, 0.4) is 0 Å². The van der Waals surface area contributed by atoms with Crippen molar-refractivity contribution >= 4 is 33.3 Å². The molecular weight excluding hydrogens is 368 g/mol. The molecule has 1 amide bonds. The van der Waals surface area contributed by atoms with Crippen LogP contribution in [0.25, 0.3) is 10.2 Å². The molecule has 1 aliphatic heterocycles. The zero-order valence-electron chi connectivity index (χ0n) is 16.0. The van der Waals surface area contributed by atoms with Gasteiger partial charge in [0, 0.05) is 18.0 Å². The van der Waals surface area contributed by atoms with Gasteiger partial charge in [0.2, 0.25) is 5.91 Å². The third kappa shape index (κ3) is 3.05. The molecule has 3 aromatic rings. The number of benzene rings is 1. The summed E-state index contributed by atoms with van der Waals surface area (Å²) in [5, 5.41) is 4.25. The first-order chi connectivity index (χ1) is 13.7. The zero-order valence-corrected chi connectivity index (χ0v) is 16.8. The summed E-state index contributed by atoms with van der Waals surface area (Å²) in [7, 11) is 0. The number of rotatable bonds is 2. The molecule has 3 heterocycles. The van der Waals surface area contributed by atoms with Crippen molar-refractivity contribution in [1.29, 1.82) is 0 Å². The maximum atomic E-state index is 12.4. The summed E-state index contributed by atoms with van der Waals surface area (Å²) in [5.74, 6) is 1.82. The Balaban J connectivity index is 1.65. The lowest BCUT2D eigenvalue weighted by Gasteiger charge is -2.31. The van der Waals surface area contributed by atoms with E-state index >= 15 is 0 Å². The quantitative estimate of drug-likeness (QED) is 0.719. The number of nitrogens with one attached hydrogen (secondary N) is 1. The van der Waals surface area contributed by atoms with E-state index < -0.39 is 0 Å². The molecule has 2 aromatic heterocycles. The Bertz CT molecular complexity index is 1020. The van der Waals surface area contributed by atoms with E-state index in [1.807, 2.05) is 29.5 Å². The molecule has 1 fully saturated rings. The van der Waals surface area contributed by atoms with Gasteiger partial charge in [0.15, 0.2) is 0 Å². The second-order valence-electron chi connectivity index (χ2n) is 7.90. The number of fused-ring (bicyclic) bond motifs is 3. The summed E-state index contributed by atoms with van der Waals surface area (Å²) in [5.41, 5.74) is 2.59. The Kier molecular flexibility index (Phi) is 4.51. The van der Waals surface area contributed by atoms with Crippen LogP contribution in [0.5, 0.6) is 0 Å². The topological polar surface area (TPSA) is 58.1 Å². The molecule has 0 unspecified atom stereocenters. The molecule has 0 saturated carbocycles. The molecule has 28 heavy (non-hydrogen) atoms. The first-order valence-corrected chi connectivity index (χ1v) is 10.9. The summed E-state index contributed by atoms with van der Waals surface area (Å²) in [6.07, 6.45) is 5.58. The average Bonchev–Trinajstić information content (AvgIpc) is 2.96. The van der Waals surface area contributed by atoms with Gasteiger partial charge in [0.1, 0.15) is 17.0 Å². The standard InChI is InChI=1S/C22H24N4OS/c1-14-7-8-16-18(11-14)28-22-20(16)21(24-13-25-22)26-10-9-23-19(27)12-17(26)15-5-3-2-4-6-15/h2-6,13-14,17H,7-12H2,1H3,(H,23,27)/t14-,17+/m0/s1. The van der Waals surface area contributed by atoms with Crippen molar-refractivity contribution in [3.05, 3.63) is 52.7 Å². The van der Waals surface area contributed by atoms with Crippen LogP contribution in [0, 0.1) is 5.92 Å². The van der Waals surface area contributed by atoms with E-state index in [0.717, 1.165) is 41.5 Å². The van der Waals surface area contributed by atoms with Gasteiger partial charge in [-0.2, -0.15) is 0 Å². The second kappa shape index (κ2) is 7.17. The lowest BCUT2D eigenvalue weighted by molar-refractivity contribution is -0.121. The van der Waals surface area contributed by atoms with Gasteiger partial charge in [-0.05, 0) is 36.3 Å². The minimum Gasteiger partial charge on any atom is -0.354 e. The number of aromatic nitrogens is 2.